The molecule has 0 aromatic rings. The molecule has 0 spiro atoms. The minimum Gasteiger partial charge on any atom is -0.468 e. The second-order valence-electron chi connectivity index (χ2n) is 3.73. The summed E-state index contributed by atoms with van der Waals surface area (Å²) in [5, 5.41) is 0. The molecule has 0 rings (SSSR count). The molecule has 0 saturated carbocycles. The summed E-state index contributed by atoms with van der Waals surface area (Å²) in [6, 6.07) is 0. The van der Waals surface area contributed by atoms with Crippen molar-refractivity contribution in [2.45, 2.75) is 46.6 Å². The minimum atomic E-state index is -1.14. The lowest BCUT2D eigenvalue weighted by molar-refractivity contribution is -0.174. The van der Waals surface area contributed by atoms with Gasteiger partial charge < -0.3 is 9.47 Å². The third kappa shape index (κ3) is 2.94. The first-order chi connectivity index (χ1) is 6.94. The highest BCUT2D eigenvalue weighted by Crippen LogP contribution is 2.30. The first-order valence-electron chi connectivity index (χ1n) is 5.24. The molecule has 0 atom stereocenters. The molecular weight excluding hydrogens is 196 g/mol. The van der Waals surface area contributed by atoms with E-state index in [0.29, 0.717) is 12.8 Å². The van der Waals surface area contributed by atoms with Crippen LogP contribution in [0.3, 0.4) is 0 Å². The monoisotopic (exact) mass is 216 g/mol. The van der Waals surface area contributed by atoms with Crippen molar-refractivity contribution in [2.75, 3.05) is 7.11 Å². The van der Waals surface area contributed by atoms with E-state index in [1.54, 1.807) is 27.7 Å². The third-order valence-corrected chi connectivity index (χ3v) is 2.52. The first kappa shape index (κ1) is 13.9. The van der Waals surface area contributed by atoms with E-state index in [1.807, 2.05) is 0 Å². The Kier molecular flexibility index (Phi) is 5.33. The van der Waals surface area contributed by atoms with Crippen molar-refractivity contribution in [1.29, 1.82) is 0 Å². The van der Waals surface area contributed by atoms with Gasteiger partial charge >= 0.3 is 11.9 Å². The summed E-state index contributed by atoms with van der Waals surface area (Å²) in [6.07, 6.45) is 0.559. The average molecular weight is 216 g/mol. The van der Waals surface area contributed by atoms with Crippen LogP contribution in [0, 0.1) is 5.41 Å². The number of ether oxygens (including phenoxy) is 2. The molecule has 0 N–H and O–H groups in total. The number of carbonyl (C=O) groups excluding carboxylic acids is 2. The summed E-state index contributed by atoms with van der Waals surface area (Å²) in [7, 11) is 1.28. The number of esters is 2. The molecule has 0 aromatic carbocycles. The standard InChI is InChI=1S/C11H20O4/c1-6-11(7-2,9(12)14-5)10(13)15-8(3)4/h8H,6-7H2,1-5H3. The van der Waals surface area contributed by atoms with Gasteiger partial charge in [0.25, 0.3) is 0 Å². The van der Waals surface area contributed by atoms with Gasteiger partial charge in [-0.1, -0.05) is 13.8 Å². The van der Waals surface area contributed by atoms with E-state index in [9.17, 15) is 9.59 Å². The van der Waals surface area contributed by atoms with Crippen LogP contribution >= 0.6 is 0 Å². The summed E-state index contributed by atoms with van der Waals surface area (Å²) in [5.41, 5.74) is -1.14. The molecule has 0 aromatic heterocycles. The van der Waals surface area contributed by atoms with E-state index in [-0.39, 0.29) is 6.10 Å². The molecule has 0 aliphatic rings. The van der Waals surface area contributed by atoms with Crippen molar-refractivity contribution < 1.29 is 19.1 Å². The fraction of sp³-hybridized carbons (Fsp3) is 0.818. The van der Waals surface area contributed by atoms with Gasteiger partial charge in [0.1, 0.15) is 0 Å². The van der Waals surface area contributed by atoms with Crippen molar-refractivity contribution in [3.8, 4) is 0 Å². The van der Waals surface area contributed by atoms with Gasteiger partial charge in [-0.15, -0.1) is 0 Å². The molecule has 0 saturated heterocycles. The Bertz CT molecular complexity index is 229. The third-order valence-electron chi connectivity index (χ3n) is 2.52. The van der Waals surface area contributed by atoms with E-state index in [4.69, 9.17) is 4.74 Å². The SMILES string of the molecule is CCC(CC)(C(=O)OC)C(=O)OC(C)C. The lowest BCUT2D eigenvalue weighted by atomic mass is 9.82. The largest absolute Gasteiger partial charge is 0.468 e. The van der Waals surface area contributed by atoms with Crippen molar-refractivity contribution in [3.63, 3.8) is 0 Å². The fourth-order valence-corrected chi connectivity index (χ4v) is 1.43. The minimum absolute atomic E-state index is 0.223. The Hall–Kier alpha value is -1.06. The van der Waals surface area contributed by atoms with Crippen molar-refractivity contribution in [3.05, 3.63) is 0 Å². The first-order valence-corrected chi connectivity index (χ1v) is 5.24. The topological polar surface area (TPSA) is 52.6 Å². The van der Waals surface area contributed by atoms with E-state index < -0.39 is 17.4 Å². The molecule has 0 fully saturated rings. The van der Waals surface area contributed by atoms with Crippen LogP contribution in [0.25, 0.3) is 0 Å². The Balaban J connectivity index is 4.92. The van der Waals surface area contributed by atoms with Crippen LogP contribution in [-0.4, -0.2) is 25.2 Å². The predicted molar refractivity (Wildman–Crippen MR) is 56.3 cm³/mol. The molecule has 0 aliphatic carbocycles. The summed E-state index contributed by atoms with van der Waals surface area (Å²) in [5.74, 6) is -1.01. The molecule has 4 nitrogen and oxygen atoms in total. The highest BCUT2D eigenvalue weighted by molar-refractivity contribution is 5.99. The Morgan fingerprint density at radius 2 is 1.60 bits per heavy atom. The quantitative estimate of drug-likeness (QED) is 0.520. The van der Waals surface area contributed by atoms with Crippen LogP contribution in [0.1, 0.15) is 40.5 Å². The molecule has 88 valence electrons. The van der Waals surface area contributed by atoms with Crippen LogP contribution < -0.4 is 0 Å². The average Bonchev–Trinajstić information content (AvgIpc) is 2.19. The van der Waals surface area contributed by atoms with Crippen molar-refractivity contribution >= 4 is 11.9 Å². The molecule has 15 heavy (non-hydrogen) atoms. The highest BCUT2D eigenvalue weighted by Gasteiger charge is 2.45. The van der Waals surface area contributed by atoms with Crippen LogP contribution in [-0.2, 0) is 19.1 Å². The van der Waals surface area contributed by atoms with Gasteiger partial charge in [-0.2, -0.15) is 0 Å². The van der Waals surface area contributed by atoms with Gasteiger partial charge in [0.05, 0.1) is 13.2 Å². The summed E-state index contributed by atoms with van der Waals surface area (Å²) >= 11 is 0. The van der Waals surface area contributed by atoms with Crippen LogP contribution in [0.15, 0.2) is 0 Å². The molecule has 0 radical (unpaired) electrons. The maximum absolute atomic E-state index is 11.8. The maximum atomic E-state index is 11.8. The Labute approximate surface area is 90.9 Å². The van der Waals surface area contributed by atoms with Crippen LogP contribution in [0.4, 0.5) is 0 Å². The number of methoxy groups -OCH3 is 1. The van der Waals surface area contributed by atoms with E-state index >= 15 is 0 Å². The van der Waals surface area contributed by atoms with Gasteiger partial charge in [0.15, 0.2) is 5.41 Å². The lowest BCUT2D eigenvalue weighted by Crippen LogP contribution is -2.41. The number of hydrogen-bond donors (Lipinski definition) is 0. The Morgan fingerprint density at radius 1 is 1.13 bits per heavy atom. The van der Waals surface area contributed by atoms with E-state index in [2.05, 4.69) is 4.74 Å². The second-order valence-corrected chi connectivity index (χ2v) is 3.73. The smallest absolute Gasteiger partial charge is 0.323 e. The highest BCUT2D eigenvalue weighted by atomic mass is 16.6. The van der Waals surface area contributed by atoms with Crippen molar-refractivity contribution in [2.24, 2.45) is 5.41 Å². The summed E-state index contributed by atoms with van der Waals surface area (Å²) in [6.45, 7) is 7.07. The van der Waals surface area contributed by atoms with Crippen LogP contribution in [0.2, 0.25) is 0 Å². The zero-order valence-electron chi connectivity index (χ0n) is 10.1. The maximum Gasteiger partial charge on any atom is 0.323 e. The predicted octanol–water partition coefficient (Wildman–Crippen LogP) is 1.92. The van der Waals surface area contributed by atoms with Crippen LogP contribution in [0.5, 0.6) is 0 Å². The van der Waals surface area contributed by atoms with E-state index in [1.165, 1.54) is 7.11 Å². The van der Waals surface area contributed by atoms with Gasteiger partial charge in [0.2, 0.25) is 0 Å². The Morgan fingerprint density at radius 3 is 1.87 bits per heavy atom. The van der Waals surface area contributed by atoms with Gasteiger partial charge in [-0.3, -0.25) is 9.59 Å². The molecule has 4 heteroatoms. The number of rotatable bonds is 5. The fourth-order valence-electron chi connectivity index (χ4n) is 1.43. The zero-order chi connectivity index (χ0) is 12.1. The molecule has 0 heterocycles. The normalized spacial score (nSPS) is 11.3. The zero-order valence-corrected chi connectivity index (χ0v) is 10.1. The van der Waals surface area contributed by atoms with Crippen molar-refractivity contribution in [1.82, 2.24) is 0 Å². The van der Waals surface area contributed by atoms with E-state index in [0.717, 1.165) is 0 Å². The molecule has 0 bridgehead atoms. The summed E-state index contributed by atoms with van der Waals surface area (Å²) < 4.78 is 9.74. The summed E-state index contributed by atoms with van der Waals surface area (Å²) in [4.78, 5) is 23.4. The van der Waals surface area contributed by atoms with Gasteiger partial charge in [-0.25, -0.2) is 0 Å². The number of carbonyl (C=O) groups is 2. The molecular formula is C11H20O4. The number of hydrogen-bond acceptors (Lipinski definition) is 4. The van der Waals surface area contributed by atoms with Gasteiger partial charge in [0, 0.05) is 0 Å². The molecule has 0 unspecified atom stereocenters. The second kappa shape index (κ2) is 5.73. The molecule has 0 aliphatic heterocycles. The molecule has 0 amide bonds. The van der Waals surface area contributed by atoms with Gasteiger partial charge in [-0.05, 0) is 26.7 Å². The lowest BCUT2D eigenvalue weighted by Gasteiger charge is -2.27.